The number of hydrogen-bond acceptors (Lipinski definition) is 3. The first kappa shape index (κ1) is 11.2. The number of pyridine rings is 1. The second-order valence-corrected chi connectivity index (χ2v) is 5.70. The number of anilines is 1. The Labute approximate surface area is 113 Å². The van der Waals surface area contributed by atoms with Crippen molar-refractivity contribution in [2.24, 2.45) is 0 Å². The molecule has 1 N–H and O–H groups in total. The van der Waals surface area contributed by atoms with Crippen molar-refractivity contribution in [2.45, 2.75) is 31.3 Å². The summed E-state index contributed by atoms with van der Waals surface area (Å²) in [7, 11) is 0. The minimum absolute atomic E-state index is 0.622. The molecule has 98 valence electrons. The minimum Gasteiger partial charge on any atom is -0.381 e. The molecule has 0 aliphatic carbocycles. The Bertz CT molecular complexity index is 595. The van der Waals surface area contributed by atoms with E-state index in [2.05, 4.69) is 39.5 Å². The van der Waals surface area contributed by atoms with Gasteiger partial charge in [-0.05, 0) is 50.1 Å². The van der Waals surface area contributed by atoms with Crippen LogP contribution in [-0.4, -0.2) is 35.1 Å². The fraction of sp³-hybridized carbons (Fsp3) is 0.438. The number of hydrogen-bond donors (Lipinski definition) is 1. The first-order chi connectivity index (χ1) is 9.40. The second-order valence-electron chi connectivity index (χ2n) is 5.70. The molecular weight excluding hydrogens is 234 g/mol. The summed E-state index contributed by atoms with van der Waals surface area (Å²) in [6.07, 6.45) is 5.84. The maximum absolute atomic E-state index is 4.37. The Morgan fingerprint density at radius 3 is 3.16 bits per heavy atom. The van der Waals surface area contributed by atoms with E-state index in [1.54, 1.807) is 0 Å². The highest BCUT2D eigenvalue weighted by atomic mass is 15.2. The van der Waals surface area contributed by atoms with Crippen LogP contribution in [0.4, 0.5) is 5.69 Å². The highest BCUT2D eigenvalue weighted by Gasteiger charge is 2.36. The number of nitrogens with zero attached hydrogens (tertiary/aromatic N) is 2. The lowest BCUT2D eigenvalue weighted by Crippen LogP contribution is -2.33. The predicted octanol–water partition coefficient (Wildman–Crippen LogP) is 2.88. The van der Waals surface area contributed by atoms with E-state index in [0.29, 0.717) is 6.04 Å². The lowest BCUT2D eigenvalue weighted by molar-refractivity contribution is 0.318. The van der Waals surface area contributed by atoms with Crippen LogP contribution in [0.2, 0.25) is 0 Å². The number of nitrogens with one attached hydrogen (secondary N) is 1. The Kier molecular flexibility index (Phi) is 2.66. The highest BCUT2D eigenvalue weighted by Crippen LogP contribution is 2.30. The largest absolute Gasteiger partial charge is 0.381 e. The number of rotatable bonds is 2. The Morgan fingerprint density at radius 2 is 2.16 bits per heavy atom. The van der Waals surface area contributed by atoms with Gasteiger partial charge in [0.2, 0.25) is 0 Å². The van der Waals surface area contributed by atoms with Crippen LogP contribution in [0.25, 0.3) is 10.9 Å². The summed E-state index contributed by atoms with van der Waals surface area (Å²) in [5.41, 5.74) is 2.31. The molecule has 2 aliphatic rings. The third-order valence-corrected chi connectivity index (χ3v) is 4.56. The molecule has 0 saturated carbocycles. The molecule has 0 bridgehead atoms. The van der Waals surface area contributed by atoms with Crippen molar-refractivity contribution in [1.29, 1.82) is 0 Å². The third kappa shape index (κ3) is 1.98. The van der Waals surface area contributed by atoms with Gasteiger partial charge >= 0.3 is 0 Å². The van der Waals surface area contributed by atoms with Gasteiger partial charge in [-0.1, -0.05) is 6.07 Å². The van der Waals surface area contributed by atoms with Gasteiger partial charge < -0.3 is 5.32 Å². The van der Waals surface area contributed by atoms with Crippen molar-refractivity contribution in [2.75, 3.05) is 18.4 Å². The highest BCUT2D eigenvalue weighted by molar-refractivity contribution is 5.82. The summed E-state index contributed by atoms with van der Waals surface area (Å²) in [4.78, 5) is 7.01. The Hall–Kier alpha value is -1.61. The van der Waals surface area contributed by atoms with E-state index in [1.807, 2.05) is 12.3 Å². The first-order valence-electron chi connectivity index (χ1n) is 7.25. The minimum atomic E-state index is 0.622. The van der Waals surface area contributed by atoms with E-state index >= 15 is 0 Å². The van der Waals surface area contributed by atoms with Gasteiger partial charge in [0.05, 0.1) is 5.52 Å². The lowest BCUT2D eigenvalue weighted by Gasteiger charge is -2.22. The van der Waals surface area contributed by atoms with Gasteiger partial charge in [-0.3, -0.25) is 9.88 Å². The number of aromatic nitrogens is 1. The summed E-state index contributed by atoms with van der Waals surface area (Å²) in [6.45, 7) is 2.56. The molecular formula is C16H19N3. The first-order valence-corrected chi connectivity index (χ1v) is 7.25. The van der Waals surface area contributed by atoms with E-state index in [0.717, 1.165) is 11.6 Å². The van der Waals surface area contributed by atoms with Crippen molar-refractivity contribution in [3.63, 3.8) is 0 Å². The third-order valence-electron chi connectivity index (χ3n) is 4.56. The van der Waals surface area contributed by atoms with Crippen molar-refractivity contribution in [3.05, 3.63) is 36.5 Å². The smallest absolute Gasteiger partial charge is 0.0703 e. The van der Waals surface area contributed by atoms with E-state index < -0.39 is 0 Å². The van der Waals surface area contributed by atoms with Crippen molar-refractivity contribution in [3.8, 4) is 0 Å². The molecule has 0 amide bonds. The van der Waals surface area contributed by atoms with Crippen LogP contribution in [-0.2, 0) is 0 Å². The van der Waals surface area contributed by atoms with E-state index in [1.165, 1.54) is 43.4 Å². The molecule has 3 heteroatoms. The summed E-state index contributed by atoms with van der Waals surface area (Å²) in [6, 6.07) is 12.0. The molecule has 1 aromatic carbocycles. The lowest BCUT2D eigenvalue weighted by atomic mass is 10.1. The van der Waals surface area contributed by atoms with Crippen molar-refractivity contribution < 1.29 is 0 Å². The average molecular weight is 253 g/mol. The molecule has 2 aliphatic heterocycles. The van der Waals surface area contributed by atoms with Crippen LogP contribution in [0, 0.1) is 0 Å². The van der Waals surface area contributed by atoms with E-state index in [-0.39, 0.29) is 0 Å². The quantitative estimate of drug-likeness (QED) is 0.892. The van der Waals surface area contributed by atoms with Crippen LogP contribution in [0.5, 0.6) is 0 Å². The SMILES string of the molecule is c1cnc2ccc(NC3CCN4CCCC34)cc2c1. The summed E-state index contributed by atoms with van der Waals surface area (Å²) in [5.74, 6) is 0. The van der Waals surface area contributed by atoms with E-state index in [9.17, 15) is 0 Å². The maximum atomic E-state index is 4.37. The fourth-order valence-electron chi connectivity index (χ4n) is 3.63. The molecule has 2 fully saturated rings. The van der Waals surface area contributed by atoms with Crippen LogP contribution < -0.4 is 5.32 Å². The second kappa shape index (κ2) is 4.49. The van der Waals surface area contributed by atoms with Gasteiger partial charge in [0, 0.05) is 35.9 Å². The predicted molar refractivity (Wildman–Crippen MR) is 78.4 cm³/mol. The average Bonchev–Trinajstić information content (AvgIpc) is 3.04. The zero-order chi connectivity index (χ0) is 12.7. The summed E-state index contributed by atoms with van der Waals surface area (Å²) >= 11 is 0. The van der Waals surface area contributed by atoms with Crippen LogP contribution >= 0.6 is 0 Å². The van der Waals surface area contributed by atoms with Crippen LogP contribution in [0.3, 0.4) is 0 Å². The number of benzene rings is 1. The molecule has 2 atom stereocenters. The molecule has 3 nitrogen and oxygen atoms in total. The molecule has 1 aromatic heterocycles. The van der Waals surface area contributed by atoms with Gasteiger partial charge in [0.25, 0.3) is 0 Å². The van der Waals surface area contributed by atoms with Gasteiger partial charge in [0.15, 0.2) is 0 Å². The Balaban J connectivity index is 1.58. The molecule has 0 spiro atoms. The van der Waals surface area contributed by atoms with Gasteiger partial charge in [-0.2, -0.15) is 0 Å². The van der Waals surface area contributed by atoms with Gasteiger partial charge in [-0.15, -0.1) is 0 Å². The molecule has 3 heterocycles. The monoisotopic (exact) mass is 253 g/mol. The normalized spacial score (nSPS) is 26.7. The topological polar surface area (TPSA) is 28.2 Å². The zero-order valence-electron chi connectivity index (χ0n) is 11.0. The van der Waals surface area contributed by atoms with Crippen molar-refractivity contribution >= 4 is 16.6 Å². The van der Waals surface area contributed by atoms with Crippen LogP contribution in [0.1, 0.15) is 19.3 Å². The maximum Gasteiger partial charge on any atom is 0.0703 e. The summed E-state index contributed by atoms with van der Waals surface area (Å²) < 4.78 is 0. The fourth-order valence-corrected chi connectivity index (χ4v) is 3.63. The Morgan fingerprint density at radius 1 is 1.16 bits per heavy atom. The molecule has 4 rings (SSSR count). The van der Waals surface area contributed by atoms with Gasteiger partial charge in [0.1, 0.15) is 0 Å². The van der Waals surface area contributed by atoms with E-state index in [4.69, 9.17) is 0 Å². The van der Waals surface area contributed by atoms with Crippen molar-refractivity contribution in [1.82, 2.24) is 9.88 Å². The molecule has 19 heavy (non-hydrogen) atoms. The molecule has 2 aromatic rings. The van der Waals surface area contributed by atoms with Gasteiger partial charge in [-0.25, -0.2) is 0 Å². The molecule has 2 saturated heterocycles. The molecule has 0 radical (unpaired) electrons. The zero-order valence-corrected chi connectivity index (χ0v) is 11.0. The van der Waals surface area contributed by atoms with Crippen LogP contribution in [0.15, 0.2) is 36.5 Å². The standard InChI is InChI=1S/C16H19N3/c1-3-12-11-13(5-6-14(12)17-8-1)18-15-7-10-19-9-2-4-16(15)19/h1,3,5-6,8,11,15-16,18H,2,4,7,9-10H2. The molecule has 2 unspecified atom stereocenters. The summed E-state index contributed by atoms with van der Waals surface area (Å²) in [5, 5.41) is 4.95. The number of fused-ring (bicyclic) bond motifs is 2.